The van der Waals surface area contributed by atoms with Gasteiger partial charge in [-0.2, -0.15) is 0 Å². The van der Waals surface area contributed by atoms with Crippen molar-refractivity contribution in [3.8, 4) is 11.5 Å². The molecule has 0 spiro atoms. The van der Waals surface area contributed by atoms with E-state index in [1.165, 1.54) is 34.9 Å². The van der Waals surface area contributed by atoms with Gasteiger partial charge in [0, 0.05) is 41.0 Å². The molecule has 0 bridgehead atoms. The van der Waals surface area contributed by atoms with Crippen LogP contribution >= 0.6 is 0 Å². The SMILES string of the molecule is COc1ccc2c(c1)/C(=C/CCN1CCC(c3c[nH]c4ccccc34)CC1)c1cccnc1CO2. The highest BCUT2D eigenvalue weighted by Gasteiger charge is 2.23. The van der Waals surface area contributed by atoms with E-state index in [9.17, 15) is 0 Å². The fraction of sp³-hybridized carbons (Fsp3) is 0.300. The van der Waals surface area contributed by atoms with Crippen LogP contribution in [0.3, 0.4) is 0 Å². The Balaban J connectivity index is 1.17. The molecule has 1 fully saturated rings. The van der Waals surface area contributed by atoms with E-state index < -0.39 is 0 Å². The summed E-state index contributed by atoms with van der Waals surface area (Å²) in [6.45, 7) is 3.81. The lowest BCUT2D eigenvalue weighted by Crippen LogP contribution is -2.33. The third kappa shape index (κ3) is 4.32. The van der Waals surface area contributed by atoms with Crippen molar-refractivity contribution in [3.63, 3.8) is 0 Å². The summed E-state index contributed by atoms with van der Waals surface area (Å²) in [6, 6.07) is 18.9. The third-order valence-corrected chi connectivity index (χ3v) is 7.46. The van der Waals surface area contributed by atoms with Gasteiger partial charge in [0.15, 0.2) is 0 Å². The van der Waals surface area contributed by atoms with Gasteiger partial charge in [-0.25, -0.2) is 0 Å². The quantitative estimate of drug-likeness (QED) is 0.383. The van der Waals surface area contributed by atoms with E-state index >= 15 is 0 Å². The summed E-state index contributed by atoms with van der Waals surface area (Å²) in [7, 11) is 1.71. The van der Waals surface area contributed by atoms with Gasteiger partial charge in [0.1, 0.15) is 18.1 Å². The molecule has 4 heterocycles. The van der Waals surface area contributed by atoms with Crippen molar-refractivity contribution in [1.82, 2.24) is 14.9 Å². The molecule has 2 aromatic heterocycles. The molecule has 5 heteroatoms. The van der Waals surface area contributed by atoms with Gasteiger partial charge in [0.25, 0.3) is 0 Å². The fourth-order valence-electron chi connectivity index (χ4n) is 5.57. The third-order valence-electron chi connectivity index (χ3n) is 7.46. The molecule has 0 radical (unpaired) electrons. The number of aromatic nitrogens is 2. The van der Waals surface area contributed by atoms with E-state index in [2.05, 4.69) is 63.5 Å². The zero-order chi connectivity index (χ0) is 23.6. The summed E-state index contributed by atoms with van der Waals surface area (Å²) >= 11 is 0. The van der Waals surface area contributed by atoms with Crippen molar-refractivity contribution in [3.05, 3.63) is 95.5 Å². The molecule has 35 heavy (non-hydrogen) atoms. The van der Waals surface area contributed by atoms with Gasteiger partial charge >= 0.3 is 0 Å². The van der Waals surface area contributed by atoms with Crippen molar-refractivity contribution < 1.29 is 9.47 Å². The minimum Gasteiger partial charge on any atom is -0.497 e. The number of likely N-dealkylation sites (tertiary alicyclic amines) is 1. The summed E-state index contributed by atoms with van der Waals surface area (Å²) in [5.74, 6) is 2.36. The highest BCUT2D eigenvalue weighted by atomic mass is 16.5. The molecule has 1 saturated heterocycles. The van der Waals surface area contributed by atoms with Crippen molar-refractivity contribution >= 4 is 16.5 Å². The fourth-order valence-corrected chi connectivity index (χ4v) is 5.57. The average molecular weight is 466 g/mol. The van der Waals surface area contributed by atoms with Crippen LogP contribution in [0.1, 0.15) is 47.6 Å². The van der Waals surface area contributed by atoms with Crippen LogP contribution in [0.15, 0.2) is 73.1 Å². The minimum absolute atomic E-state index is 0.480. The van der Waals surface area contributed by atoms with Gasteiger partial charge < -0.3 is 19.4 Å². The first-order valence-corrected chi connectivity index (χ1v) is 12.5. The van der Waals surface area contributed by atoms with Crippen LogP contribution in [0, 0.1) is 0 Å². The molecule has 4 aromatic rings. The zero-order valence-corrected chi connectivity index (χ0v) is 20.2. The van der Waals surface area contributed by atoms with E-state index in [1.54, 1.807) is 7.11 Å². The number of hydrogen-bond donors (Lipinski definition) is 1. The molecule has 5 nitrogen and oxygen atoms in total. The summed E-state index contributed by atoms with van der Waals surface area (Å²) in [4.78, 5) is 10.7. The smallest absolute Gasteiger partial charge is 0.131 e. The van der Waals surface area contributed by atoms with Crippen molar-refractivity contribution in [1.29, 1.82) is 0 Å². The van der Waals surface area contributed by atoms with Crippen molar-refractivity contribution in [2.24, 2.45) is 0 Å². The predicted octanol–water partition coefficient (Wildman–Crippen LogP) is 6.17. The Bertz CT molecular complexity index is 1370. The molecule has 178 valence electrons. The summed E-state index contributed by atoms with van der Waals surface area (Å²) in [5, 5.41) is 1.38. The van der Waals surface area contributed by atoms with Crippen LogP contribution in [0.4, 0.5) is 0 Å². The van der Waals surface area contributed by atoms with Crippen LogP contribution in [0.5, 0.6) is 11.5 Å². The largest absolute Gasteiger partial charge is 0.497 e. The predicted molar refractivity (Wildman–Crippen MR) is 140 cm³/mol. The van der Waals surface area contributed by atoms with Crippen LogP contribution in [0.25, 0.3) is 16.5 Å². The number of nitrogens with one attached hydrogen (secondary N) is 1. The van der Waals surface area contributed by atoms with Crippen LogP contribution in [-0.4, -0.2) is 41.6 Å². The minimum atomic E-state index is 0.480. The monoisotopic (exact) mass is 465 g/mol. The average Bonchev–Trinajstić information content (AvgIpc) is 3.28. The number of piperidine rings is 1. The lowest BCUT2D eigenvalue weighted by Gasteiger charge is -2.31. The maximum atomic E-state index is 6.11. The van der Waals surface area contributed by atoms with Crippen LogP contribution < -0.4 is 9.47 Å². The second kappa shape index (κ2) is 9.59. The number of benzene rings is 2. The molecule has 2 aromatic carbocycles. The van der Waals surface area contributed by atoms with Gasteiger partial charge in [-0.1, -0.05) is 30.3 Å². The number of hydrogen-bond acceptors (Lipinski definition) is 4. The summed E-state index contributed by atoms with van der Waals surface area (Å²) in [5.41, 5.74) is 7.12. The molecule has 0 unspecified atom stereocenters. The van der Waals surface area contributed by atoms with Gasteiger partial charge in [0.05, 0.1) is 12.8 Å². The highest BCUT2D eigenvalue weighted by molar-refractivity contribution is 5.85. The Morgan fingerprint density at radius 3 is 2.86 bits per heavy atom. The Kier molecular flexibility index (Phi) is 6.01. The molecule has 0 saturated carbocycles. The number of aromatic amines is 1. The Morgan fingerprint density at radius 2 is 1.97 bits per heavy atom. The van der Waals surface area contributed by atoms with E-state index in [-0.39, 0.29) is 0 Å². The first-order chi connectivity index (χ1) is 17.3. The molecule has 6 rings (SSSR count). The Hall–Kier alpha value is -3.57. The van der Waals surface area contributed by atoms with E-state index in [0.29, 0.717) is 12.5 Å². The first kappa shape index (κ1) is 21.9. The van der Waals surface area contributed by atoms with Crippen molar-refractivity contribution in [2.45, 2.75) is 31.8 Å². The second-order valence-corrected chi connectivity index (χ2v) is 9.46. The van der Waals surface area contributed by atoms with Crippen LogP contribution in [-0.2, 0) is 6.61 Å². The number of nitrogens with zero attached hydrogens (tertiary/aromatic N) is 2. The topological polar surface area (TPSA) is 50.4 Å². The molecule has 0 amide bonds. The van der Waals surface area contributed by atoms with Gasteiger partial charge in [-0.15, -0.1) is 0 Å². The number of H-pyrrole nitrogens is 1. The molecular weight excluding hydrogens is 434 g/mol. The normalized spacial score (nSPS) is 17.6. The maximum Gasteiger partial charge on any atom is 0.131 e. The standard InChI is InChI=1S/C30H31N3O2/c1-34-22-10-11-30-26(18-22)23(24-7-4-14-31-29(24)20-35-30)8-5-15-33-16-12-21(13-17-33)27-19-32-28-9-3-2-6-25(27)28/h2-4,6-11,14,18-19,21,32H,5,12-13,15-17,20H2,1H3/b23-8+. The zero-order valence-electron chi connectivity index (χ0n) is 20.2. The number of para-hydroxylation sites is 1. The number of pyridine rings is 1. The first-order valence-electron chi connectivity index (χ1n) is 12.5. The Morgan fingerprint density at radius 1 is 1.09 bits per heavy atom. The molecule has 2 aliphatic heterocycles. The summed E-state index contributed by atoms with van der Waals surface area (Å²) in [6.07, 6.45) is 9.82. The maximum absolute atomic E-state index is 6.11. The Labute approximate surface area is 206 Å². The molecular formula is C30H31N3O2. The highest BCUT2D eigenvalue weighted by Crippen LogP contribution is 2.38. The molecule has 0 aliphatic carbocycles. The van der Waals surface area contributed by atoms with Crippen LogP contribution in [0.2, 0.25) is 0 Å². The number of methoxy groups -OCH3 is 1. The second-order valence-electron chi connectivity index (χ2n) is 9.46. The molecule has 1 N–H and O–H groups in total. The van der Waals surface area contributed by atoms with Gasteiger partial charge in [-0.3, -0.25) is 4.98 Å². The van der Waals surface area contributed by atoms with Crippen molar-refractivity contribution in [2.75, 3.05) is 26.7 Å². The summed E-state index contributed by atoms with van der Waals surface area (Å²) < 4.78 is 11.6. The number of ether oxygens (including phenoxy) is 2. The number of fused-ring (bicyclic) bond motifs is 3. The molecule has 2 aliphatic rings. The number of rotatable bonds is 5. The molecule has 0 atom stereocenters. The lowest BCUT2D eigenvalue weighted by atomic mass is 9.89. The van der Waals surface area contributed by atoms with E-state index in [0.717, 1.165) is 54.4 Å². The van der Waals surface area contributed by atoms with E-state index in [1.807, 2.05) is 24.4 Å². The van der Waals surface area contributed by atoms with E-state index in [4.69, 9.17) is 9.47 Å². The van der Waals surface area contributed by atoms with Gasteiger partial charge in [-0.05, 0) is 79.7 Å². The van der Waals surface area contributed by atoms with Gasteiger partial charge in [0.2, 0.25) is 0 Å². The lowest BCUT2D eigenvalue weighted by molar-refractivity contribution is 0.216.